The molecule has 3 heteroatoms. The molecule has 0 saturated heterocycles. The molecule has 0 amide bonds. The van der Waals surface area contributed by atoms with Crippen LogP contribution >= 0.6 is 11.8 Å². The van der Waals surface area contributed by atoms with Gasteiger partial charge in [-0.15, -0.1) is 0 Å². The predicted octanol–water partition coefficient (Wildman–Crippen LogP) is 2.51. The molecule has 1 aliphatic rings. The highest BCUT2D eigenvalue weighted by atomic mass is 32.2. The molecule has 96 valence electrons. The molecule has 0 aliphatic heterocycles. The second kappa shape index (κ2) is 7.57. The average molecular weight is 245 g/mol. The molecule has 2 nitrogen and oxygen atoms in total. The van der Waals surface area contributed by atoms with Crippen LogP contribution in [0, 0.1) is 11.8 Å². The fourth-order valence-electron chi connectivity index (χ4n) is 2.70. The fourth-order valence-corrected chi connectivity index (χ4v) is 3.22. The summed E-state index contributed by atoms with van der Waals surface area (Å²) in [5.41, 5.74) is 0. The summed E-state index contributed by atoms with van der Waals surface area (Å²) in [4.78, 5) is 0. The number of hydrogen-bond acceptors (Lipinski definition) is 3. The SMILES string of the molecule is CSCCC(CO)NC1CCC(C)CC1C. The van der Waals surface area contributed by atoms with Crippen molar-refractivity contribution in [2.75, 3.05) is 18.6 Å². The summed E-state index contributed by atoms with van der Waals surface area (Å²) in [6, 6.07) is 0.920. The Morgan fingerprint density at radius 2 is 2.12 bits per heavy atom. The second-order valence-electron chi connectivity index (χ2n) is 5.33. The van der Waals surface area contributed by atoms with Crippen LogP contribution in [-0.2, 0) is 0 Å². The standard InChI is InChI=1S/C13H27NOS/c1-10-4-5-13(11(2)8-10)14-12(9-15)6-7-16-3/h10-15H,4-9H2,1-3H3. The number of hydrogen-bond donors (Lipinski definition) is 2. The minimum Gasteiger partial charge on any atom is -0.395 e. The normalized spacial score (nSPS) is 32.6. The van der Waals surface area contributed by atoms with Crippen molar-refractivity contribution in [3.8, 4) is 0 Å². The summed E-state index contributed by atoms with van der Waals surface area (Å²) in [7, 11) is 0. The van der Waals surface area contributed by atoms with E-state index in [-0.39, 0.29) is 6.61 Å². The van der Waals surface area contributed by atoms with Crippen LogP contribution in [0.3, 0.4) is 0 Å². The van der Waals surface area contributed by atoms with E-state index in [0.29, 0.717) is 12.1 Å². The van der Waals surface area contributed by atoms with Crippen molar-refractivity contribution < 1.29 is 5.11 Å². The third kappa shape index (κ3) is 4.64. The zero-order chi connectivity index (χ0) is 12.0. The van der Waals surface area contributed by atoms with Crippen molar-refractivity contribution in [3.63, 3.8) is 0 Å². The molecule has 0 heterocycles. The average Bonchev–Trinajstić information content (AvgIpc) is 2.27. The first-order valence-electron chi connectivity index (χ1n) is 6.53. The maximum atomic E-state index is 9.35. The van der Waals surface area contributed by atoms with E-state index in [2.05, 4.69) is 25.4 Å². The van der Waals surface area contributed by atoms with Crippen molar-refractivity contribution in [2.45, 2.75) is 51.6 Å². The molecule has 0 aromatic carbocycles. The number of nitrogens with one attached hydrogen (secondary N) is 1. The molecule has 0 aromatic heterocycles. The summed E-state index contributed by atoms with van der Waals surface area (Å²) in [5.74, 6) is 2.77. The molecule has 16 heavy (non-hydrogen) atoms. The lowest BCUT2D eigenvalue weighted by atomic mass is 9.79. The van der Waals surface area contributed by atoms with Crippen LogP contribution in [-0.4, -0.2) is 35.8 Å². The molecule has 4 atom stereocenters. The molecule has 4 unspecified atom stereocenters. The highest BCUT2D eigenvalue weighted by molar-refractivity contribution is 7.98. The van der Waals surface area contributed by atoms with Crippen molar-refractivity contribution in [1.82, 2.24) is 5.32 Å². The van der Waals surface area contributed by atoms with Gasteiger partial charge in [0, 0.05) is 12.1 Å². The van der Waals surface area contributed by atoms with Crippen molar-refractivity contribution >= 4 is 11.8 Å². The Morgan fingerprint density at radius 3 is 2.69 bits per heavy atom. The third-order valence-electron chi connectivity index (χ3n) is 3.77. The molecule has 1 saturated carbocycles. The molecule has 0 aromatic rings. The van der Waals surface area contributed by atoms with Crippen molar-refractivity contribution in [3.05, 3.63) is 0 Å². The van der Waals surface area contributed by atoms with Gasteiger partial charge in [0.05, 0.1) is 6.61 Å². The molecular formula is C13H27NOS. The number of aliphatic hydroxyl groups is 1. The van der Waals surface area contributed by atoms with Gasteiger partial charge in [-0.1, -0.05) is 13.8 Å². The van der Waals surface area contributed by atoms with E-state index in [1.165, 1.54) is 19.3 Å². The Kier molecular flexibility index (Phi) is 6.78. The van der Waals surface area contributed by atoms with E-state index in [9.17, 15) is 5.11 Å². The van der Waals surface area contributed by atoms with Crippen LogP contribution < -0.4 is 5.32 Å². The fraction of sp³-hybridized carbons (Fsp3) is 1.00. The van der Waals surface area contributed by atoms with E-state index >= 15 is 0 Å². The maximum Gasteiger partial charge on any atom is 0.0585 e. The molecule has 1 fully saturated rings. The summed E-state index contributed by atoms with van der Waals surface area (Å²) in [6.07, 6.45) is 7.15. The maximum absolute atomic E-state index is 9.35. The molecule has 0 spiro atoms. The second-order valence-corrected chi connectivity index (χ2v) is 6.32. The monoisotopic (exact) mass is 245 g/mol. The summed E-state index contributed by atoms with van der Waals surface area (Å²) < 4.78 is 0. The Labute approximate surface area is 105 Å². The van der Waals surface area contributed by atoms with E-state index in [0.717, 1.165) is 24.0 Å². The molecule has 0 radical (unpaired) electrons. The van der Waals surface area contributed by atoms with Gasteiger partial charge < -0.3 is 10.4 Å². The lowest BCUT2D eigenvalue weighted by molar-refractivity contribution is 0.175. The number of rotatable bonds is 6. The summed E-state index contributed by atoms with van der Waals surface area (Å²) in [5, 5.41) is 13.0. The van der Waals surface area contributed by atoms with Gasteiger partial charge in [-0.05, 0) is 49.5 Å². The summed E-state index contributed by atoms with van der Waals surface area (Å²) >= 11 is 1.86. The highest BCUT2D eigenvalue weighted by Gasteiger charge is 2.26. The molecule has 1 aliphatic carbocycles. The smallest absolute Gasteiger partial charge is 0.0585 e. The van der Waals surface area contributed by atoms with Crippen LogP contribution in [0.1, 0.15) is 39.5 Å². The van der Waals surface area contributed by atoms with Gasteiger partial charge in [-0.25, -0.2) is 0 Å². The van der Waals surface area contributed by atoms with Gasteiger partial charge in [0.25, 0.3) is 0 Å². The van der Waals surface area contributed by atoms with Crippen LogP contribution in [0.15, 0.2) is 0 Å². The topological polar surface area (TPSA) is 32.3 Å². The van der Waals surface area contributed by atoms with Crippen molar-refractivity contribution in [1.29, 1.82) is 0 Å². The molecule has 0 bridgehead atoms. The molecule has 1 rings (SSSR count). The Balaban J connectivity index is 2.33. The number of thioether (sulfide) groups is 1. The highest BCUT2D eigenvalue weighted by Crippen LogP contribution is 2.29. The van der Waals surface area contributed by atoms with Gasteiger partial charge >= 0.3 is 0 Å². The van der Waals surface area contributed by atoms with Gasteiger partial charge in [0.2, 0.25) is 0 Å². The van der Waals surface area contributed by atoms with Gasteiger partial charge in [0.1, 0.15) is 0 Å². The minimum absolute atomic E-state index is 0.277. The third-order valence-corrected chi connectivity index (χ3v) is 4.42. The Bertz CT molecular complexity index is 189. The first-order valence-corrected chi connectivity index (χ1v) is 7.92. The zero-order valence-electron chi connectivity index (χ0n) is 10.9. The number of aliphatic hydroxyl groups excluding tert-OH is 1. The first-order chi connectivity index (χ1) is 7.67. The van der Waals surface area contributed by atoms with Crippen molar-refractivity contribution in [2.24, 2.45) is 11.8 Å². The van der Waals surface area contributed by atoms with Crippen LogP contribution in [0.25, 0.3) is 0 Å². The van der Waals surface area contributed by atoms with E-state index in [4.69, 9.17) is 0 Å². The minimum atomic E-state index is 0.277. The van der Waals surface area contributed by atoms with Crippen LogP contribution in [0.4, 0.5) is 0 Å². The molecule has 2 N–H and O–H groups in total. The van der Waals surface area contributed by atoms with Gasteiger partial charge in [-0.3, -0.25) is 0 Å². The Morgan fingerprint density at radius 1 is 1.38 bits per heavy atom. The largest absolute Gasteiger partial charge is 0.395 e. The quantitative estimate of drug-likeness (QED) is 0.754. The van der Waals surface area contributed by atoms with E-state index in [1.54, 1.807) is 0 Å². The lowest BCUT2D eigenvalue weighted by Crippen LogP contribution is -2.46. The van der Waals surface area contributed by atoms with Gasteiger partial charge in [0.15, 0.2) is 0 Å². The Hall–Kier alpha value is 0.270. The first kappa shape index (κ1) is 14.3. The summed E-state index contributed by atoms with van der Waals surface area (Å²) in [6.45, 7) is 4.97. The van der Waals surface area contributed by atoms with Crippen LogP contribution in [0.5, 0.6) is 0 Å². The zero-order valence-corrected chi connectivity index (χ0v) is 11.7. The molecular weight excluding hydrogens is 218 g/mol. The van der Waals surface area contributed by atoms with E-state index in [1.807, 2.05) is 11.8 Å². The lowest BCUT2D eigenvalue weighted by Gasteiger charge is -2.35. The van der Waals surface area contributed by atoms with E-state index < -0.39 is 0 Å². The van der Waals surface area contributed by atoms with Crippen LogP contribution in [0.2, 0.25) is 0 Å². The predicted molar refractivity (Wildman–Crippen MR) is 73.0 cm³/mol. The van der Waals surface area contributed by atoms with Gasteiger partial charge in [-0.2, -0.15) is 11.8 Å².